The van der Waals surface area contributed by atoms with Crippen LogP contribution in [-0.4, -0.2) is 4.57 Å². The van der Waals surface area contributed by atoms with Gasteiger partial charge in [0.15, 0.2) is 0 Å². The van der Waals surface area contributed by atoms with Gasteiger partial charge in [-0.05, 0) is 42.0 Å². The molecule has 21 heavy (non-hydrogen) atoms. The molecule has 0 unspecified atom stereocenters. The molecule has 0 N–H and O–H groups in total. The number of pyridine rings is 1. The lowest BCUT2D eigenvalue weighted by Gasteiger charge is -2.23. The van der Waals surface area contributed by atoms with Crippen molar-refractivity contribution in [2.24, 2.45) is 0 Å². The number of benzene rings is 1. The highest BCUT2D eigenvalue weighted by atomic mass is 16.1. The van der Waals surface area contributed by atoms with Gasteiger partial charge in [0.2, 0.25) is 0 Å². The van der Waals surface area contributed by atoms with Crippen LogP contribution in [0.1, 0.15) is 52.2 Å². The fraction of sp³-hybridized carbons (Fsp3) is 0.421. The van der Waals surface area contributed by atoms with Gasteiger partial charge in [-0.2, -0.15) is 0 Å². The summed E-state index contributed by atoms with van der Waals surface area (Å²) in [6.45, 7) is 12.7. The zero-order chi connectivity index (χ0) is 16.0. The maximum Gasteiger partial charge on any atom is 0.255 e. The van der Waals surface area contributed by atoms with Gasteiger partial charge in [-0.15, -0.1) is 0 Å². The molecule has 0 aliphatic heterocycles. The molecule has 0 aliphatic rings. The fourth-order valence-electron chi connectivity index (χ4n) is 2.07. The molecule has 0 amide bonds. The van der Waals surface area contributed by atoms with Gasteiger partial charge < -0.3 is 0 Å². The average molecular weight is 285 g/mol. The monoisotopic (exact) mass is 285 g/mol. The van der Waals surface area contributed by atoms with Crippen molar-refractivity contribution in [2.45, 2.75) is 53.4 Å². The largest absolute Gasteiger partial charge is 0.284 e. The summed E-state index contributed by atoms with van der Waals surface area (Å²) in [6.07, 6.45) is 2.97. The van der Waals surface area contributed by atoms with Crippen LogP contribution in [0.3, 0.4) is 0 Å². The van der Waals surface area contributed by atoms with Gasteiger partial charge in [0.1, 0.15) is 0 Å². The molecule has 0 radical (unpaired) electrons. The number of rotatable bonds is 3. The van der Waals surface area contributed by atoms with Crippen LogP contribution in [0.2, 0.25) is 0 Å². The van der Waals surface area contributed by atoms with Crippen molar-refractivity contribution in [3.05, 3.63) is 64.1 Å². The third-order valence-corrected chi connectivity index (χ3v) is 3.87. The molecule has 0 atom stereocenters. The minimum atomic E-state index is 0.00750. The van der Waals surface area contributed by atoms with Crippen LogP contribution in [0, 0.1) is 6.92 Å². The minimum Gasteiger partial charge on any atom is -0.284 e. The Morgan fingerprint density at radius 3 is 2.10 bits per heavy atom. The van der Waals surface area contributed by atoms with Crippen LogP contribution >= 0.6 is 0 Å². The molecule has 2 heteroatoms. The maximum atomic E-state index is 11.9. The minimum absolute atomic E-state index is 0.00750. The van der Waals surface area contributed by atoms with E-state index in [1.54, 1.807) is 10.6 Å². The van der Waals surface area contributed by atoms with E-state index in [2.05, 4.69) is 32.9 Å². The Bertz CT molecular complexity index is 621. The van der Waals surface area contributed by atoms with E-state index in [1.807, 2.05) is 45.2 Å². The van der Waals surface area contributed by atoms with Crippen molar-refractivity contribution in [1.82, 2.24) is 4.57 Å². The van der Waals surface area contributed by atoms with Crippen molar-refractivity contribution in [1.29, 1.82) is 0 Å². The molecule has 2 aromatic rings. The number of aryl methyl sites for hydroxylation is 1. The van der Waals surface area contributed by atoms with Crippen molar-refractivity contribution < 1.29 is 0 Å². The predicted octanol–water partition coefficient (Wildman–Crippen LogP) is 4.86. The summed E-state index contributed by atoms with van der Waals surface area (Å²) in [5, 5.41) is 0. The van der Waals surface area contributed by atoms with E-state index in [1.165, 1.54) is 5.56 Å². The lowest BCUT2D eigenvalue weighted by molar-refractivity contribution is 0.506. The van der Waals surface area contributed by atoms with Crippen LogP contribution in [0.15, 0.2) is 47.4 Å². The standard InChI is InChI=1S/C17H21NO.C2H6/c1-5-17(3,4)14-7-9-15(10-8-14)18-12-13(2)6-11-16(18)19;1-2/h6-12H,5H2,1-4H3;1-2H3. The van der Waals surface area contributed by atoms with Gasteiger partial charge in [-0.1, -0.05) is 52.8 Å². The van der Waals surface area contributed by atoms with E-state index in [4.69, 9.17) is 0 Å². The second kappa shape index (κ2) is 7.26. The molecule has 0 saturated carbocycles. The molecule has 2 rings (SSSR count). The molecule has 0 saturated heterocycles. The smallest absolute Gasteiger partial charge is 0.255 e. The Morgan fingerprint density at radius 2 is 1.57 bits per heavy atom. The Balaban J connectivity index is 0.00000106. The van der Waals surface area contributed by atoms with Crippen LogP contribution < -0.4 is 5.56 Å². The molecule has 1 aromatic heterocycles. The predicted molar refractivity (Wildman–Crippen MR) is 91.4 cm³/mol. The van der Waals surface area contributed by atoms with E-state index in [0.717, 1.165) is 17.7 Å². The summed E-state index contributed by atoms with van der Waals surface area (Å²) in [5.41, 5.74) is 3.49. The van der Waals surface area contributed by atoms with E-state index >= 15 is 0 Å². The molecule has 2 nitrogen and oxygen atoms in total. The molecule has 0 fully saturated rings. The third kappa shape index (κ3) is 4.07. The van der Waals surface area contributed by atoms with Crippen molar-refractivity contribution >= 4 is 0 Å². The van der Waals surface area contributed by atoms with Crippen molar-refractivity contribution in [2.75, 3.05) is 0 Å². The van der Waals surface area contributed by atoms with Gasteiger partial charge in [0.05, 0.1) is 0 Å². The highest BCUT2D eigenvalue weighted by Gasteiger charge is 2.17. The highest BCUT2D eigenvalue weighted by Crippen LogP contribution is 2.27. The van der Waals surface area contributed by atoms with Gasteiger partial charge in [-0.3, -0.25) is 9.36 Å². The Morgan fingerprint density at radius 1 is 1.00 bits per heavy atom. The Hall–Kier alpha value is -1.83. The van der Waals surface area contributed by atoms with Gasteiger partial charge in [0, 0.05) is 18.0 Å². The van der Waals surface area contributed by atoms with E-state index in [0.29, 0.717) is 0 Å². The molecule has 1 aromatic carbocycles. The van der Waals surface area contributed by atoms with E-state index in [9.17, 15) is 4.79 Å². The van der Waals surface area contributed by atoms with E-state index in [-0.39, 0.29) is 11.0 Å². The van der Waals surface area contributed by atoms with Gasteiger partial charge >= 0.3 is 0 Å². The lowest BCUT2D eigenvalue weighted by atomic mass is 9.82. The van der Waals surface area contributed by atoms with Crippen LogP contribution in [-0.2, 0) is 5.41 Å². The number of hydrogen-bond donors (Lipinski definition) is 0. The molecule has 0 spiro atoms. The zero-order valence-electron chi connectivity index (χ0n) is 14.1. The zero-order valence-corrected chi connectivity index (χ0v) is 14.1. The Kier molecular flexibility index (Phi) is 5.95. The van der Waals surface area contributed by atoms with E-state index < -0.39 is 0 Å². The lowest BCUT2D eigenvalue weighted by Crippen LogP contribution is -2.18. The first kappa shape index (κ1) is 17.2. The van der Waals surface area contributed by atoms with Crippen LogP contribution in [0.5, 0.6) is 0 Å². The summed E-state index contributed by atoms with van der Waals surface area (Å²) in [6, 6.07) is 11.7. The number of aromatic nitrogens is 1. The summed E-state index contributed by atoms with van der Waals surface area (Å²) in [5.74, 6) is 0. The maximum absolute atomic E-state index is 11.9. The SMILES string of the molecule is CC.CCC(C)(C)c1ccc(-n2cc(C)ccc2=O)cc1. The quantitative estimate of drug-likeness (QED) is 0.789. The summed E-state index contributed by atoms with van der Waals surface area (Å²) < 4.78 is 1.69. The first-order valence-corrected chi connectivity index (χ1v) is 7.74. The first-order chi connectivity index (χ1) is 9.94. The van der Waals surface area contributed by atoms with Crippen molar-refractivity contribution in [3.63, 3.8) is 0 Å². The summed E-state index contributed by atoms with van der Waals surface area (Å²) in [7, 11) is 0. The van der Waals surface area contributed by atoms with Gasteiger partial charge in [-0.25, -0.2) is 0 Å². The van der Waals surface area contributed by atoms with Crippen LogP contribution in [0.4, 0.5) is 0 Å². The highest BCUT2D eigenvalue weighted by molar-refractivity contribution is 5.38. The fourth-order valence-corrected chi connectivity index (χ4v) is 2.07. The Labute approximate surface area is 128 Å². The average Bonchev–Trinajstić information content (AvgIpc) is 2.52. The summed E-state index contributed by atoms with van der Waals surface area (Å²) >= 11 is 0. The topological polar surface area (TPSA) is 22.0 Å². The number of nitrogens with zero attached hydrogens (tertiary/aromatic N) is 1. The first-order valence-electron chi connectivity index (χ1n) is 7.74. The molecule has 0 bridgehead atoms. The second-order valence-corrected chi connectivity index (χ2v) is 5.70. The molecular weight excluding hydrogens is 258 g/mol. The molecular formula is C19H27NO. The van der Waals surface area contributed by atoms with Crippen molar-refractivity contribution in [3.8, 4) is 5.69 Å². The molecule has 0 aliphatic carbocycles. The summed E-state index contributed by atoms with van der Waals surface area (Å²) in [4.78, 5) is 11.9. The molecule has 114 valence electrons. The third-order valence-electron chi connectivity index (χ3n) is 3.87. The van der Waals surface area contributed by atoms with Crippen LogP contribution in [0.25, 0.3) is 5.69 Å². The number of hydrogen-bond acceptors (Lipinski definition) is 1. The second-order valence-electron chi connectivity index (χ2n) is 5.70. The normalized spacial score (nSPS) is 10.8. The molecule has 1 heterocycles. The van der Waals surface area contributed by atoms with Gasteiger partial charge in [0.25, 0.3) is 5.56 Å².